The van der Waals surface area contributed by atoms with E-state index in [0.717, 1.165) is 18.7 Å². The van der Waals surface area contributed by atoms with Crippen LogP contribution in [-0.4, -0.2) is 13.1 Å². The van der Waals surface area contributed by atoms with Crippen molar-refractivity contribution in [1.29, 1.82) is 0 Å². The van der Waals surface area contributed by atoms with Crippen molar-refractivity contribution in [3.05, 3.63) is 47.8 Å². The van der Waals surface area contributed by atoms with Crippen LogP contribution in [0.3, 0.4) is 0 Å². The number of hydrogen-bond acceptors (Lipinski definition) is 1. The molecule has 18 heavy (non-hydrogen) atoms. The molecule has 0 aliphatic heterocycles. The fraction of sp³-hybridized carbons (Fsp3) is 0.500. The molecule has 0 fully saturated rings. The van der Waals surface area contributed by atoms with Gasteiger partial charge in [0.05, 0.1) is 0 Å². The summed E-state index contributed by atoms with van der Waals surface area (Å²) in [5.41, 5.74) is 2.35. The van der Waals surface area contributed by atoms with E-state index in [9.17, 15) is 4.39 Å². The van der Waals surface area contributed by atoms with Crippen LogP contribution in [-0.2, 0) is 0 Å². The number of halogens is 1. The van der Waals surface area contributed by atoms with Gasteiger partial charge in [-0.3, -0.25) is 0 Å². The van der Waals surface area contributed by atoms with E-state index in [1.165, 1.54) is 17.7 Å². The van der Waals surface area contributed by atoms with E-state index in [1.807, 2.05) is 12.1 Å². The molecule has 0 saturated heterocycles. The maximum absolute atomic E-state index is 13.0. The zero-order valence-electron chi connectivity index (χ0n) is 11.9. The highest BCUT2D eigenvalue weighted by atomic mass is 19.1. The molecular weight excluding hydrogens is 225 g/mol. The van der Waals surface area contributed by atoms with Crippen LogP contribution >= 0.6 is 0 Å². The summed E-state index contributed by atoms with van der Waals surface area (Å²) in [6.45, 7) is 14.6. The predicted molar refractivity (Wildman–Crippen MR) is 76.3 cm³/mol. The van der Waals surface area contributed by atoms with Crippen LogP contribution in [0.5, 0.6) is 0 Å². The number of benzene rings is 1. The molecule has 0 aromatic heterocycles. The van der Waals surface area contributed by atoms with E-state index in [0.29, 0.717) is 0 Å². The summed E-state index contributed by atoms with van der Waals surface area (Å²) in [7, 11) is 0. The van der Waals surface area contributed by atoms with E-state index < -0.39 is 0 Å². The van der Waals surface area contributed by atoms with Gasteiger partial charge in [-0.2, -0.15) is 0 Å². The second-order valence-corrected chi connectivity index (χ2v) is 5.69. The van der Waals surface area contributed by atoms with Crippen molar-refractivity contribution in [2.24, 2.45) is 5.41 Å². The summed E-state index contributed by atoms with van der Waals surface area (Å²) in [6.07, 6.45) is 0. The monoisotopic (exact) mass is 249 g/mol. The first-order valence-electron chi connectivity index (χ1n) is 6.51. The average Bonchev–Trinajstić information content (AvgIpc) is 2.30. The van der Waals surface area contributed by atoms with Gasteiger partial charge in [0.2, 0.25) is 0 Å². The molecular formula is C16H24FN. The van der Waals surface area contributed by atoms with Gasteiger partial charge in [0.15, 0.2) is 0 Å². The maximum atomic E-state index is 13.0. The van der Waals surface area contributed by atoms with Crippen molar-refractivity contribution in [2.45, 2.75) is 33.6 Å². The molecule has 0 bridgehead atoms. The fourth-order valence-corrected chi connectivity index (χ4v) is 1.95. The molecule has 1 aromatic rings. The highest BCUT2D eigenvalue weighted by Gasteiger charge is 2.24. The van der Waals surface area contributed by atoms with Crippen molar-refractivity contribution >= 4 is 0 Å². The Morgan fingerprint density at radius 2 is 1.83 bits per heavy atom. The second-order valence-electron chi connectivity index (χ2n) is 5.69. The smallest absolute Gasteiger partial charge is 0.123 e. The first kappa shape index (κ1) is 14.9. The van der Waals surface area contributed by atoms with Crippen LogP contribution in [0, 0.1) is 11.2 Å². The molecule has 1 N–H and O–H groups in total. The van der Waals surface area contributed by atoms with Gasteiger partial charge in [-0.25, -0.2) is 4.39 Å². The minimum Gasteiger partial charge on any atom is -0.316 e. The molecule has 1 unspecified atom stereocenters. The van der Waals surface area contributed by atoms with Gasteiger partial charge in [-0.1, -0.05) is 52.0 Å². The lowest BCUT2D eigenvalue weighted by Crippen LogP contribution is -2.26. The standard InChI is InChI=1S/C16H24FN/c1-6-18-11-15(12(2)16(3,4)5)13-7-9-14(17)10-8-13/h7-10,15,18H,2,6,11H2,1,3-5H3. The summed E-state index contributed by atoms with van der Waals surface area (Å²) in [6, 6.07) is 6.75. The molecule has 0 saturated carbocycles. The summed E-state index contributed by atoms with van der Waals surface area (Å²) in [5.74, 6) is 0.0351. The van der Waals surface area contributed by atoms with Crippen molar-refractivity contribution in [2.75, 3.05) is 13.1 Å². The molecule has 1 nitrogen and oxygen atoms in total. The van der Waals surface area contributed by atoms with E-state index in [4.69, 9.17) is 0 Å². The lowest BCUT2D eigenvalue weighted by atomic mass is 9.77. The molecule has 0 spiro atoms. The van der Waals surface area contributed by atoms with Gasteiger partial charge in [0.25, 0.3) is 0 Å². The van der Waals surface area contributed by atoms with Gasteiger partial charge in [-0.15, -0.1) is 0 Å². The van der Waals surface area contributed by atoms with E-state index in [-0.39, 0.29) is 17.2 Å². The van der Waals surface area contributed by atoms with Crippen LogP contribution < -0.4 is 5.32 Å². The van der Waals surface area contributed by atoms with Gasteiger partial charge in [0, 0.05) is 12.5 Å². The third-order valence-corrected chi connectivity index (χ3v) is 3.25. The van der Waals surface area contributed by atoms with Gasteiger partial charge in [-0.05, 0) is 29.7 Å². The highest BCUT2D eigenvalue weighted by Crippen LogP contribution is 2.35. The second kappa shape index (κ2) is 6.14. The molecule has 0 aliphatic rings. The molecule has 100 valence electrons. The van der Waals surface area contributed by atoms with Crippen LogP contribution in [0.4, 0.5) is 4.39 Å². The van der Waals surface area contributed by atoms with Gasteiger partial charge < -0.3 is 5.32 Å². The molecule has 1 atom stereocenters. The summed E-state index contributed by atoms with van der Waals surface area (Å²) in [4.78, 5) is 0. The molecule has 0 radical (unpaired) electrons. The summed E-state index contributed by atoms with van der Waals surface area (Å²) in [5, 5.41) is 3.36. The van der Waals surface area contributed by atoms with Crippen LogP contribution in [0.25, 0.3) is 0 Å². The SMILES string of the molecule is C=C(C(CNCC)c1ccc(F)cc1)C(C)(C)C. The lowest BCUT2D eigenvalue weighted by Gasteiger charge is -2.30. The van der Waals surface area contributed by atoms with Crippen LogP contribution in [0.2, 0.25) is 0 Å². The predicted octanol–water partition coefficient (Wildman–Crippen LogP) is 4.12. The Hall–Kier alpha value is -1.15. The topological polar surface area (TPSA) is 12.0 Å². The zero-order chi connectivity index (χ0) is 13.8. The Kier molecular flexibility index (Phi) is 5.09. The maximum Gasteiger partial charge on any atom is 0.123 e. The number of likely N-dealkylation sites (N-methyl/N-ethyl adjacent to an activating group) is 1. The Morgan fingerprint density at radius 1 is 1.28 bits per heavy atom. The Morgan fingerprint density at radius 3 is 2.28 bits per heavy atom. The molecule has 0 aliphatic carbocycles. The average molecular weight is 249 g/mol. The largest absolute Gasteiger partial charge is 0.316 e. The van der Waals surface area contributed by atoms with Gasteiger partial charge in [0.1, 0.15) is 5.82 Å². The normalized spacial score (nSPS) is 13.4. The minimum atomic E-state index is -0.192. The first-order valence-corrected chi connectivity index (χ1v) is 6.51. The zero-order valence-corrected chi connectivity index (χ0v) is 11.9. The molecule has 0 amide bonds. The number of hydrogen-bond donors (Lipinski definition) is 1. The fourth-order valence-electron chi connectivity index (χ4n) is 1.95. The van der Waals surface area contributed by atoms with E-state index in [1.54, 1.807) is 0 Å². The Bertz CT molecular complexity index is 387. The molecule has 1 rings (SSSR count). The third-order valence-electron chi connectivity index (χ3n) is 3.25. The summed E-state index contributed by atoms with van der Waals surface area (Å²) < 4.78 is 13.0. The molecule has 2 heteroatoms. The number of rotatable bonds is 5. The summed E-state index contributed by atoms with van der Waals surface area (Å²) >= 11 is 0. The minimum absolute atomic E-state index is 0.0501. The van der Waals surface area contributed by atoms with Crippen molar-refractivity contribution in [1.82, 2.24) is 5.32 Å². The molecule has 0 heterocycles. The van der Waals surface area contributed by atoms with Crippen molar-refractivity contribution in [3.63, 3.8) is 0 Å². The number of nitrogens with one attached hydrogen (secondary N) is 1. The quantitative estimate of drug-likeness (QED) is 0.774. The highest BCUT2D eigenvalue weighted by molar-refractivity contribution is 5.31. The third kappa shape index (κ3) is 3.95. The van der Waals surface area contributed by atoms with Crippen molar-refractivity contribution in [3.8, 4) is 0 Å². The van der Waals surface area contributed by atoms with Crippen LogP contribution in [0.15, 0.2) is 36.4 Å². The van der Waals surface area contributed by atoms with Crippen LogP contribution in [0.1, 0.15) is 39.2 Å². The van der Waals surface area contributed by atoms with Gasteiger partial charge >= 0.3 is 0 Å². The van der Waals surface area contributed by atoms with E-state index >= 15 is 0 Å². The molecule has 1 aromatic carbocycles. The Labute approximate surface area is 110 Å². The first-order chi connectivity index (χ1) is 8.36. The Balaban J connectivity index is 2.98. The lowest BCUT2D eigenvalue weighted by molar-refractivity contribution is 0.454. The van der Waals surface area contributed by atoms with Crippen molar-refractivity contribution < 1.29 is 4.39 Å². The van der Waals surface area contributed by atoms with E-state index in [2.05, 4.69) is 39.6 Å².